The fraction of sp³-hybridized carbons (Fsp3) is 0.0500. The predicted molar refractivity (Wildman–Crippen MR) is 98.2 cm³/mol. The lowest BCUT2D eigenvalue weighted by Crippen LogP contribution is -1.99. The molecule has 0 spiro atoms. The van der Waals surface area contributed by atoms with E-state index in [2.05, 4.69) is 28.7 Å². The standard InChI is InChI=1S/C20H15ClN2O/c21-17-9-6-15(7-10-17)16-8-11-18-19(12-16)24-23-20(18)22-13-14-4-2-1-3-5-14/h1-12H,13H2,(H,22,23). The molecule has 0 aliphatic carbocycles. The van der Waals surface area contributed by atoms with Gasteiger partial charge in [-0.05, 0) is 41.0 Å². The zero-order chi connectivity index (χ0) is 16.4. The Balaban J connectivity index is 1.60. The molecule has 1 heterocycles. The average molecular weight is 335 g/mol. The number of rotatable bonds is 4. The molecular weight excluding hydrogens is 320 g/mol. The third-order valence-electron chi connectivity index (χ3n) is 3.95. The van der Waals surface area contributed by atoms with Gasteiger partial charge in [-0.25, -0.2) is 0 Å². The van der Waals surface area contributed by atoms with Crippen molar-refractivity contribution >= 4 is 28.4 Å². The van der Waals surface area contributed by atoms with Crippen LogP contribution in [0.5, 0.6) is 0 Å². The summed E-state index contributed by atoms with van der Waals surface area (Å²) in [6.45, 7) is 0.710. The molecule has 0 bridgehead atoms. The van der Waals surface area contributed by atoms with Crippen LogP contribution < -0.4 is 5.32 Å². The molecule has 0 radical (unpaired) electrons. The second kappa shape index (κ2) is 6.38. The number of anilines is 1. The number of aromatic nitrogens is 1. The van der Waals surface area contributed by atoms with E-state index < -0.39 is 0 Å². The summed E-state index contributed by atoms with van der Waals surface area (Å²) in [5, 5.41) is 9.18. The minimum Gasteiger partial charge on any atom is -0.363 e. The number of hydrogen-bond acceptors (Lipinski definition) is 3. The van der Waals surface area contributed by atoms with Gasteiger partial charge >= 0.3 is 0 Å². The van der Waals surface area contributed by atoms with Crippen molar-refractivity contribution in [1.82, 2.24) is 5.16 Å². The fourth-order valence-corrected chi connectivity index (χ4v) is 2.79. The van der Waals surface area contributed by atoms with Gasteiger partial charge in [0.2, 0.25) is 0 Å². The molecular formula is C20H15ClN2O. The second-order valence-electron chi connectivity index (χ2n) is 5.59. The van der Waals surface area contributed by atoms with Crippen LogP contribution in [-0.4, -0.2) is 5.16 Å². The van der Waals surface area contributed by atoms with E-state index in [0.29, 0.717) is 6.54 Å². The van der Waals surface area contributed by atoms with Crippen molar-refractivity contribution < 1.29 is 4.52 Å². The quantitative estimate of drug-likeness (QED) is 0.515. The van der Waals surface area contributed by atoms with Crippen LogP contribution in [0.4, 0.5) is 5.82 Å². The topological polar surface area (TPSA) is 38.1 Å². The van der Waals surface area contributed by atoms with Crippen LogP contribution in [0.3, 0.4) is 0 Å². The lowest BCUT2D eigenvalue weighted by atomic mass is 10.0. The van der Waals surface area contributed by atoms with Crippen molar-refractivity contribution in [2.45, 2.75) is 6.54 Å². The molecule has 24 heavy (non-hydrogen) atoms. The average Bonchev–Trinajstić information content (AvgIpc) is 3.04. The molecule has 4 aromatic rings. The number of hydrogen-bond donors (Lipinski definition) is 1. The van der Waals surface area contributed by atoms with Gasteiger partial charge in [-0.2, -0.15) is 0 Å². The molecule has 0 aliphatic heterocycles. The van der Waals surface area contributed by atoms with Crippen molar-refractivity contribution in [3.63, 3.8) is 0 Å². The molecule has 0 aliphatic rings. The third-order valence-corrected chi connectivity index (χ3v) is 4.20. The van der Waals surface area contributed by atoms with Crippen molar-refractivity contribution in [1.29, 1.82) is 0 Å². The predicted octanol–water partition coefficient (Wildman–Crippen LogP) is 5.76. The van der Waals surface area contributed by atoms with Crippen LogP contribution >= 0.6 is 11.6 Å². The summed E-state index contributed by atoms with van der Waals surface area (Å²) >= 11 is 5.95. The Labute approximate surface area is 144 Å². The molecule has 3 nitrogen and oxygen atoms in total. The van der Waals surface area contributed by atoms with Gasteiger partial charge in [-0.15, -0.1) is 0 Å². The summed E-state index contributed by atoms with van der Waals surface area (Å²) in [7, 11) is 0. The molecule has 0 saturated heterocycles. The number of fused-ring (bicyclic) bond motifs is 1. The van der Waals surface area contributed by atoms with Gasteiger partial charge in [0.05, 0.1) is 5.39 Å². The van der Waals surface area contributed by atoms with E-state index >= 15 is 0 Å². The molecule has 0 fully saturated rings. The lowest BCUT2D eigenvalue weighted by molar-refractivity contribution is 0.459. The highest BCUT2D eigenvalue weighted by molar-refractivity contribution is 6.30. The van der Waals surface area contributed by atoms with Crippen LogP contribution in [-0.2, 0) is 6.54 Å². The Morgan fingerprint density at radius 1 is 0.875 bits per heavy atom. The van der Waals surface area contributed by atoms with Gasteiger partial charge in [-0.3, -0.25) is 0 Å². The zero-order valence-corrected chi connectivity index (χ0v) is 13.6. The molecule has 4 heteroatoms. The highest BCUT2D eigenvalue weighted by atomic mass is 35.5. The fourth-order valence-electron chi connectivity index (χ4n) is 2.67. The van der Waals surface area contributed by atoms with E-state index in [1.165, 1.54) is 5.56 Å². The van der Waals surface area contributed by atoms with Gasteiger partial charge in [0, 0.05) is 11.6 Å². The monoisotopic (exact) mass is 334 g/mol. The van der Waals surface area contributed by atoms with E-state index in [0.717, 1.165) is 32.9 Å². The smallest absolute Gasteiger partial charge is 0.177 e. The molecule has 0 unspecified atom stereocenters. The van der Waals surface area contributed by atoms with E-state index in [9.17, 15) is 0 Å². The van der Waals surface area contributed by atoms with Crippen LogP contribution in [0.2, 0.25) is 5.02 Å². The van der Waals surface area contributed by atoms with Crippen molar-refractivity contribution in [3.05, 3.63) is 83.4 Å². The largest absolute Gasteiger partial charge is 0.363 e. The summed E-state index contributed by atoms with van der Waals surface area (Å²) in [4.78, 5) is 0. The molecule has 1 N–H and O–H groups in total. The maximum atomic E-state index is 5.95. The third kappa shape index (κ3) is 2.99. The maximum Gasteiger partial charge on any atom is 0.177 e. The SMILES string of the molecule is Clc1ccc(-c2ccc3c(NCc4ccccc4)noc3c2)cc1. The molecule has 0 atom stereocenters. The summed E-state index contributed by atoms with van der Waals surface area (Å²) in [6.07, 6.45) is 0. The first kappa shape index (κ1) is 14.8. The maximum absolute atomic E-state index is 5.95. The molecule has 4 rings (SSSR count). The molecule has 0 amide bonds. The summed E-state index contributed by atoms with van der Waals surface area (Å²) in [5.41, 5.74) is 4.13. The van der Waals surface area contributed by atoms with Crippen molar-refractivity contribution in [2.75, 3.05) is 5.32 Å². The van der Waals surface area contributed by atoms with E-state index in [-0.39, 0.29) is 0 Å². The first-order valence-electron chi connectivity index (χ1n) is 7.73. The summed E-state index contributed by atoms with van der Waals surface area (Å²) in [5.74, 6) is 0.761. The first-order chi connectivity index (χ1) is 11.8. The van der Waals surface area contributed by atoms with Gasteiger partial charge in [0.1, 0.15) is 0 Å². The Kier molecular flexibility index (Phi) is 3.93. The number of halogens is 1. The first-order valence-corrected chi connectivity index (χ1v) is 8.10. The van der Waals surface area contributed by atoms with Gasteiger partial charge < -0.3 is 9.84 Å². The highest BCUT2D eigenvalue weighted by Gasteiger charge is 2.09. The minimum atomic E-state index is 0.710. The van der Waals surface area contributed by atoms with E-state index in [1.807, 2.05) is 54.6 Å². The molecule has 1 aromatic heterocycles. The number of nitrogens with zero attached hydrogens (tertiary/aromatic N) is 1. The van der Waals surface area contributed by atoms with Gasteiger partial charge in [-0.1, -0.05) is 65.3 Å². The van der Waals surface area contributed by atoms with E-state index in [4.69, 9.17) is 16.1 Å². The summed E-state index contributed by atoms with van der Waals surface area (Å²) in [6, 6.07) is 24.1. The highest BCUT2D eigenvalue weighted by Crippen LogP contribution is 2.29. The van der Waals surface area contributed by atoms with Crippen LogP contribution in [0.1, 0.15) is 5.56 Å². The van der Waals surface area contributed by atoms with Crippen molar-refractivity contribution in [2.24, 2.45) is 0 Å². The van der Waals surface area contributed by atoms with Crippen LogP contribution in [0, 0.1) is 0 Å². The Hall–Kier alpha value is -2.78. The zero-order valence-electron chi connectivity index (χ0n) is 12.9. The lowest BCUT2D eigenvalue weighted by Gasteiger charge is -2.04. The van der Waals surface area contributed by atoms with Gasteiger partial charge in [0.15, 0.2) is 11.4 Å². The van der Waals surface area contributed by atoms with Crippen LogP contribution in [0.15, 0.2) is 77.3 Å². The Morgan fingerprint density at radius 2 is 1.62 bits per heavy atom. The normalized spacial score (nSPS) is 10.9. The molecule has 118 valence electrons. The van der Waals surface area contributed by atoms with E-state index in [1.54, 1.807) is 0 Å². The molecule has 3 aromatic carbocycles. The number of benzene rings is 3. The minimum absolute atomic E-state index is 0.710. The second-order valence-corrected chi connectivity index (χ2v) is 6.02. The van der Waals surface area contributed by atoms with Crippen LogP contribution in [0.25, 0.3) is 22.1 Å². The van der Waals surface area contributed by atoms with Crippen molar-refractivity contribution in [3.8, 4) is 11.1 Å². The summed E-state index contributed by atoms with van der Waals surface area (Å²) < 4.78 is 5.48. The number of nitrogens with one attached hydrogen (secondary N) is 1. The molecule has 0 saturated carbocycles. The Bertz CT molecular complexity index is 962. The van der Waals surface area contributed by atoms with Gasteiger partial charge in [0.25, 0.3) is 0 Å². The Morgan fingerprint density at radius 3 is 2.42 bits per heavy atom.